The molecule has 2 aromatic heterocycles. The first-order chi connectivity index (χ1) is 13.7. The van der Waals surface area contributed by atoms with E-state index >= 15 is 0 Å². The molecule has 2 aromatic carbocycles. The van der Waals surface area contributed by atoms with Gasteiger partial charge < -0.3 is 10.1 Å². The van der Waals surface area contributed by atoms with Gasteiger partial charge in [-0.15, -0.1) is 0 Å². The van der Waals surface area contributed by atoms with Crippen molar-refractivity contribution in [1.29, 1.82) is 0 Å². The topological polar surface area (TPSA) is 55.6 Å². The van der Waals surface area contributed by atoms with E-state index < -0.39 is 0 Å². The maximum Gasteiger partial charge on any atom is 0.251 e. The zero-order chi connectivity index (χ0) is 19.3. The van der Waals surface area contributed by atoms with E-state index in [0.717, 1.165) is 22.5 Å². The van der Waals surface area contributed by atoms with Crippen molar-refractivity contribution in [3.05, 3.63) is 90.1 Å². The lowest BCUT2D eigenvalue weighted by molar-refractivity contribution is -0.121. The highest BCUT2D eigenvalue weighted by Crippen LogP contribution is 2.29. The molecule has 0 saturated heterocycles. The Kier molecular flexibility index (Phi) is 5.17. The van der Waals surface area contributed by atoms with Crippen LogP contribution in [-0.2, 0) is 16.1 Å². The zero-order valence-electron chi connectivity index (χ0n) is 15.6. The SMILES string of the molecule is Cc1ccc(-c2nc3ccccn3c2NC(=O)COCc2ccccc2)cc1. The van der Waals surface area contributed by atoms with Crippen LogP contribution in [-0.4, -0.2) is 21.9 Å². The molecule has 0 aliphatic rings. The van der Waals surface area contributed by atoms with Crippen molar-refractivity contribution in [2.24, 2.45) is 0 Å². The van der Waals surface area contributed by atoms with Crippen molar-refractivity contribution in [3.63, 3.8) is 0 Å². The number of nitrogens with one attached hydrogen (secondary N) is 1. The molecule has 4 aromatic rings. The van der Waals surface area contributed by atoms with Crippen LogP contribution in [0.2, 0.25) is 0 Å². The number of aryl methyl sites for hydroxylation is 1. The van der Waals surface area contributed by atoms with Crippen molar-refractivity contribution in [3.8, 4) is 11.3 Å². The summed E-state index contributed by atoms with van der Waals surface area (Å²) in [7, 11) is 0. The zero-order valence-corrected chi connectivity index (χ0v) is 15.6. The molecular formula is C23H21N3O2. The molecule has 4 rings (SSSR count). The molecule has 2 heterocycles. The van der Waals surface area contributed by atoms with E-state index in [2.05, 4.69) is 5.32 Å². The van der Waals surface area contributed by atoms with Gasteiger partial charge in [-0.1, -0.05) is 66.2 Å². The van der Waals surface area contributed by atoms with Crippen LogP contribution in [0.5, 0.6) is 0 Å². The van der Waals surface area contributed by atoms with Gasteiger partial charge in [0.2, 0.25) is 0 Å². The number of hydrogen-bond acceptors (Lipinski definition) is 3. The van der Waals surface area contributed by atoms with Crippen LogP contribution in [0, 0.1) is 6.92 Å². The minimum atomic E-state index is -0.213. The second-order valence-corrected chi connectivity index (χ2v) is 6.63. The quantitative estimate of drug-likeness (QED) is 0.544. The van der Waals surface area contributed by atoms with E-state index in [4.69, 9.17) is 9.72 Å². The van der Waals surface area contributed by atoms with Gasteiger partial charge in [0.25, 0.3) is 5.91 Å². The van der Waals surface area contributed by atoms with Crippen molar-refractivity contribution in [2.75, 3.05) is 11.9 Å². The highest BCUT2D eigenvalue weighted by atomic mass is 16.5. The maximum absolute atomic E-state index is 12.5. The number of benzene rings is 2. The minimum Gasteiger partial charge on any atom is -0.367 e. The number of nitrogens with zero attached hydrogens (tertiary/aromatic N) is 2. The molecule has 0 bridgehead atoms. The number of fused-ring (bicyclic) bond motifs is 1. The van der Waals surface area contributed by atoms with Crippen LogP contribution in [0.25, 0.3) is 16.9 Å². The molecule has 5 heteroatoms. The molecule has 0 radical (unpaired) electrons. The molecule has 0 saturated carbocycles. The average Bonchev–Trinajstić information content (AvgIpc) is 3.08. The lowest BCUT2D eigenvalue weighted by Gasteiger charge is -2.09. The molecule has 0 unspecified atom stereocenters. The van der Waals surface area contributed by atoms with Gasteiger partial charge in [0, 0.05) is 11.8 Å². The molecule has 0 spiro atoms. The van der Waals surface area contributed by atoms with Crippen molar-refractivity contribution in [2.45, 2.75) is 13.5 Å². The Morgan fingerprint density at radius 3 is 2.54 bits per heavy atom. The van der Waals surface area contributed by atoms with Crippen LogP contribution >= 0.6 is 0 Å². The molecule has 0 fully saturated rings. The van der Waals surface area contributed by atoms with Gasteiger partial charge in [0.05, 0.1) is 6.61 Å². The molecule has 0 aliphatic carbocycles. The third-order valence-corrected chi connectivity index (χ3v) is 4.46. The standard InChI is InChI=1S/C23H21N3O2/c1-17-10-12-19(13-11-17)22-23(26-14-6-5-9-20(26)24-22)25-21(27)16-28-15-18-7-3-2-4-8-18/h2-14H,15-16H2,1H3,(H,25,27). The van der Waals surface area contributed by atoms with Gasteiger partial charge in [-0.25, -0.2) is 4.98 Å². The van der Waals surface area contributed by atoms with Crippen LogP contribution < -0.4 is 5.32 Å². The fraction of sp³-hybridized carbons (Fsp3) is 0.130. The van der Waals surface area contributed by atoms with E-state index in [1.807, 2.05) is 90.3 Å². The summed E-state index contributed by atoms with van der Waals surface area (Å²) in [5.41, 5.74) is 4.67. The molecule has 28 heavy (non-hydrogen) atoms. The lowest BCUT2D eigenvalue weighted by Crippen LogP contribution is -2.19. The summed E-state index contributed by atoms with van der Waals surface area (Å²) >= 11 is 0. The van der Waals surface area contributed by atoms with Crippen LogP contribution in [0.3, 0.4) is 0 Å². The fourth-order valence-electron chi connectivity index (χ4n) is 3.03. The van der Waals surface area contributed by atoms with Gasteiger partial charge in [-0.2, -0.15) is 0 Å². The number of hydrogen-bond donors (Lipinski definition) is 1. The van der Waals surface area contributed by atoms with Gasteiger partial charge in [0.1, 0.15) is 23.8 Å². The van der Waals surface area contributed by atoms with Crippen molar-refractivity contribution >= 4 is 17.4 Å². The Balaban J connectivity index is 1.54. The molecule has 140 valence electrons. The van der Waals surface area contributed by atoms with Gasteiger partial charge in [-0.05, 0) is 24.6 Å². The molecular weight excluding hydrogens is 350 g/mol. The normalized spacial score (nSPS) is 10.9. The molecule has 1 N–H and O–H groups in total. The predicted molar refractivity (Wildman–Crippen MR) is 110 cm³/mol. The number of carbonyl (C=O) groups excluding carboxylic acids is 1. The van der Waals surface area contributed by atoms with E-state index in [9.17, 15) is 4.79 Å². The van der Waals surface area contributed by atoms with Gasteiger partial charge in [-0.3, -0.25) is 9.20 Å². The summed E-state index contributed by atoms with van der Waals surface area (Å²) in [5, 5.41) is 2.97. The van der Waals surface area contributed by atoms with E-state index in [0.29, 0.717) is 12.4 Å². The molecule has 5 nitrogen and oxygen atoms in total. The number of imidazole rings is 1. The minimum absolute atomic E-state index is 0.0255. The second kappa shape index (κ2) is 8.06. The highest BCUT2D eigenvalue weighted by molar-refractivity contribution is 5.95. The third-order valence-electron chi connectivity index (χ3n) is 4.46. The largest absolute Gasteiger partial charge is 0.367 e. The summed E-state index contributed by atoms with van der Waals surface area (Å²) in [5.74, 6) is 0.433. The second-order valence-electron chi connectivity index (χ2n) is 6.63. The predicted octanol–water partition coefficient (Wildman–Crippen LogP) is 4.47. The monoisotopic (exact) mass is 371 g/mol. The van der Waals surface area contributed by atoms with Crippen LogP contribution in [0.1, 0.15) is 11.1 Å². The number of carbonyl (C=O) groups is 1. The third kappa shape index (κ3) is 3.94. The Hall–Kier alpha value is -3.44. The lowest BCUT2D eigenvalue weighted by atomic mass is 10.1. The summed E-state index contributed by atoms with van der Waals surface area (Å²) < 4.78 is 7.44. The van der Waals surface area contributed by atoms with E-state index in [1.54, 1.807) is 0 Å². The molecule has 1 amide bonds. The summed E-state index contributed by atoms with van der Waals surface area (Å²) in [6, 6.07) is 23.6. The van der Waals surface area contributed by atoms with Crippen LogP contribution in [0.15, 0.2) is 79.0 Å². The maximum atomic E-state index is 12.5. The van der Waals surface area contributed by atoms with Crippen LogP contribution in [0.4, 0.5) is 5.82 Å². The highest BCUT2D eigenvalue weighted by Gasteiger charge is 2.16. The number of amides is 1. The smallest absolute Gasteiger partial charge is 0.251 e. The Labute approximate surface area is 163 Å². The summed E-state index contributed by atoms with van der Waals surface area (Å²) in [4.78, 5) is 17.2. The summed E-state index contributed by atoms with van der Waals surface area (Å²) in [6.07, 6.45) is 1.89. The summed E-state index contributed by atoms with van der Waals surface area (Å²) in [6.45, 7) is 2.41. The Morgan fingerprint density at radius 2 is 1.75 bits per heavy atom. The first kappa shape index (κ1) is 17.9. The first-order valence-electron chi connectivity index (χ1n) is 9.16. The number of ether oxygens (including phenoxy) is 1. The number of aromatic nitrogens is 2. The number of anilines is 1. The number of pyridine rings is 1. The van der Waals surface area contributed by atoms with E-state index in [-0.39, 0.29) is 12.5 Å². The first-order valence-corrected chi connectivity index (χ1v) is 9.16. The van der Waals surface area contributed by atoms with E-state index in [1.165, 1.54) is 5.56 Å². The van der Waals surface area contributed by atoms with Gasteiger partial charge in [0.15, 0.2) is 0 Å². The molecule has 0 aliphatic heterocycles. The Bertz CT molecular complexity index is 1090. The fourth-order valence-corrected chi connectivity index (χ4v) is 3.03. The number of rotatable bonds is 6. The van der Waals surface area contributed by atoms with Gasteiger partial charge >= 0.3 is 0 Å². The Morgan fingerprint density at radius 1 is 1.00 bits per heavy atom. The molecule has 0 atom stereocenters. The van der Waals surface area contributed by atoms with Crippen molar-refractivity contribution in [1.82, 2.24) is 9.38 Å². The average molecular weight is 371 g/mol. The van der Waals surface area contributed by atoms with Crippen molar-refractivity contribution < 1.29 is 9.53 Å².